The second-order valence-corrected chi connectivity index (χ2v) is 5.70. The minimum Gasteiger partial charge on any atom is -0.361 e. The van der Waals surface area contributed by atoms with Crippen molar-refractivity contribution >= 4 is 16.9 Å². The Labute approximate surface area is 107 Å². The van der Waals surface area contributed by atoms with Gasteiger partial charge in [-0.1, -0.05) is 25.1 Å². The molecule has 2 rings (SSSR count). The third kappa shape index (κ3) is 3.03. The van der Waals surface area contributed by atoms with Crippen LogP contribution in [0.25, 0.3) is 0 Å². The lowest BCUT2D eigenvalue weighted by molar-refractivity contribution is 0.736. The van der Waals surface area contributed by atoms with E-state index in [-0.39, 0.29) is 0 Å². The van der Waals surface area contributed by atoms with Crippen LogP contribution in [-0.4, -0.2) is 26.7 Å². The molecule has 94 valence electrons. The number of hydrogen-bond donors (Lipinski definition) is 1. The smallest absolute Gasteiger partial charge is 0.157 e. The van der Waals surface area contributed by atoms with Crippen molar-refractivity contribution in [2.45, 2.75) is 38.5 Å². The largest absolute Gasteiger partial charge is 0.361 e. The second-order valence-electron chi connectivity index (χ2n) is 4.41. The Kier molecular flexibility index (Phi) is 4.10. The molecule has 1 aromatic rings. The quantitative estimate of drug-likeness (QED) is 0.892. The van der Waals surface area contributed by atoms with Gasteiger partial charge in [0.25, 0.3) is 0 Å². The third-order valence-corrected chi connectivity index (χ3v) is 4.31. The number of aliphatic imine (C=N–C) groups is 1. The van der Waals surface area contributed by atoms with Crippen molar-refractivity contribution < 1.29 is 0 Å². The lowest BCUT2D eigenvalue weighted by Gasteiger charge is -2.07. The van der Waals surface area contributed by atoms with Crippen molar-refractivity contribution in [3.63, 3.8) is 0 Å². The normalized spacial score (nSPS) is 19.5. The third-order valence-electron chi connectivity index (χ3n) is 3.09. The molecular weight excluding hydrogens is 232 g/mol. The lowest BCUT2D eigenvalue weighted by atomic mass is 10.2. The maximum absolute atomic E-state index is 4.53. The fourth-order valence-electron chi connectivity index (χ4n) is 1.88. The average Bonchev–Trinajstić information content (AvgIpc) is 2.87. The van der Waals surface area contributed by atoms with Crippen LogP contribution in [0.4, 0.5) is 0 Å². The first-order valence-electron chi connectivity index (χ1n) is 6.13. The van der Waals surface area contributed by atoms with Crippen LogP contribution in [0.5, 0.6) is 0 Å². The zero-order valence-corrected chi connectivity index (χ0v) is 11.5. The molecule has 1 aliphatic heterocycles. The van der Waals surface area contributed by atoms with E-state index in [1.807, 2.05) is 29.7 Å². The van der Waals surface area contributed by atoms with E-state index >= 15 is 0 Å². The molecule has 0 bridgehead atoms. The molecule has 5 heteroatoms. The summed E-state index contributed by atoms with van der Waals surface area (Å²) in [5, 5.41) is 9.40. The number of amidine groups is 1. The molecule has 2 heterocycles. The number of aryl methyl sites for hydroxylation is 1. The second kappa shape index (κ2) is 5.58. The molecule has 0 saturated heterocycles. The van der Waals surface area contributed by atoms with Crippen LogP contribution in [0.2, 0.25) is 0 Å². The van der Waals surface area contributed by atoms with Gasteiger partial charge in [-0.15, -0.1) is 0 Å². The molecule has 1 atom stereocenters. The number of nitrogens with one attached hydrogen (secondary N) is 1. The number of aromatic nitrogens is 2. The molecule has 0 radical (unpaired) electrons. The summed E-state index contributed by atoms with van der Waals surface area (Å²) in [4.78, 5) is 4.53. The summed E-state index contributed by atoms with van der Waals surface area (Å²) < 4.78 is 1.90. The average molecular weight is 252 g/mol. The van der Waals surface area contributed by atoms with Gasteiger partial charge in [0.15, 0.2) is 5.17 Å². The van der Waals surface area contributed by atoms with Crippen LogP contribution in [0.1, 0.15) is 31.0 Å². The number of thioether (sulfide) groups is 1. The number of rotatable bonds is 4. The van der Waals surface area contributed by atoms with Crippen LogP contribution in [0, 0.1) is 6.92 Å². The molecule has 0 saturated carbocycles. The van der Waals surface area contributed by atoms with Gasteiger partial charge in [-0.3, -0.25) is 9.67 Å². The van der Waals surface area contributed by atoms with Crippen molar-refractivity contribution in [2.24, 2.45) is 12.0 Å². The van der Waals surface area contributed by atoms with Crippen molar-refractivity contribution in [3.05, 3.63) is 17.5 Å². The summed E-state index contributed by atoms with van der Waals surface area (Å²) in [7, 11) is 1.97. The van der Waals surface area contributed by atoms with Crippen molar-refractivity contribution in [1.82, 2.24) is 15.1 Å². The van der Waals surface area contributed by atoms with E-state index in [1.165, 1.54) is 24.1 Å². The van der Waals surface area contributed by atoms with Crippen LogP contribution in [-0.2, 0) is 13.6 Å². The molecule has 0 amide bonds. The minimum absolute atomic E-state index is 0.678. The molecule has 0 aliphatic carbocycles. The number of nitrogens with zero attached hydrogens (tertiary/aromatic N) is 3. The SMILES string of the molecule is CCCC1CN=C(NCc2cnn(C)c2C)S1. The first-order valence-corrected chi connectivity index (χ1v) is 7.01. The maximum Gasteiger partial charge on any atom is 0.157 e. The highest BCUT2D eigenvalue weighted by molar-refractivity contribution is 8.14. The van der Waals surface area contributed by atoms with Gasteiger partial charge in [-0.05, 0) is 13.3 Å². The Morgan fingerprint density at radius 1 is 1.59 bits per heavy atom. The summed E-state index contributed by atoms with van der Waals surface area (Å²) >= 11 is 1.88. The highest BCUT2D eigenvalue weighted by Gasteiger charge is 2.18. The maximum atomic E-state index is 4.53. The van der Waals surface area contributed by atoms with Crippen molar-refractivity contribution in [3.8, 4) is 0 Å². The van der Waals surface area contributed by atoms with E-state index in [9.17, 15) is 0 Å². The molecule has 1 aromatic heterocycles. The molecule has 0 fully saturated rings. The van der Waals surface area contributed by atoms with Crippen molar-refractivity contribution in [2.75, 3.05) is 6.54 Å². The Morgan fingerprint density at radius 3 is 3.06 bits per heavy atom. The van der Waals surface area contributed by atoms with Crippen LogP contribution < -0.4 is 5.32 Å². The number of hydrogen-bond acceptors (Lipinski definition) is 4. The van der Waals surface area contributed by atoms with Crippen LogP contribution in [0.15, 0.2) is 11.2 Å². The Balaban J connectivity index is 1.82. The highest BCUT2D eigenvalue weighted by atomic mass is 32.2. The molecular formula is C12H20N4S. The van der Waals surface area contributed by atoms with Gasteiger partial charge in [-0.2, -0.15) is 5.10 Å². The van der Waals surface area contributed by atoms with Gasteiger partial charge in [-0.25, -0.2) is 0 Å². The topological polar surface area (TPSA) is 42.2 Å². The summed E-state index contributed by atoms with van der Waals surface area (Å²) in [6.07, 6.45) is 4.42. The molecule has 0 aromatic carbocycles. The Bertz CT molecular complexity index is 411. The van der Waals surface area contributed by atoms with Crippen LogP contribution in [0.3, 0.4) is 0 Å². The predicted molar refractivity (Wildman–Crippen MR) is 73.4 cm³/mol. The van der Waals surface area contributed by atoms with Gasteiger partial charge in [0.05, 0.1) is 12.7 Å². The Hall–Kier alpha value is -0.970. The van der Waals surface area contributed by atoms with Crippen molar-refractivity contribution in [1.29, 1.82) is 0 Å². The lowest BCUT2D eigenvalue weighted by Crippen LogP contribution is -2.19. The minimum atomic E-state index is 0.678. The van der Waals surface area contributed by atoms with Gasteiger partial charge in [0, 0.05) is 30.1 Å². The zero-order chi connectivity index (χ0) is 12.3. The summed E-state index contributed by atoms with van der Waals surface area (Å²) in [5.74, 6) is 0. The van der Waals surface area contributed by atoms with E-state index < -0.39 is 0 Å². The van der Waals surface area contributed by atoms with E-state index in [1.54, 1.807) is 0 Å². The molecule has 17 heavy (non-hydrogen) atoms. The highest BCUT2D eigenvalue weighted by Crippen LogP contribution is 2.23. The fraction of sp³-hybridized carbons (Fsp3) is 0.667. The first kappa shape index (κ1) is 12.5. The van der Waals surface area contributed by atoms with E-state index in [4.69, 9.17) is 0 Å². The summed E-state index contributed by atoms with van der Waals surface area (Å²) in [5.41, 5.74) is 2.46. The summed E-state index contributed by atoms with van der Waals surface area (Å²) in [6.45, 7) is 6.11. The molecule has 1 unspecified atom stereocenters. The Morgan fingerprint density at radius 2 is 2.41 bits per heavy atom. The fourth-order valence-corrected chi connectivity index (χ4v) is 3.00. The van der Waals surface area contributed by atoms with Gasteiger partial charge in [0.1, 0.15) is 0 Å². The van der Waals surface area contributed by atoms with Gasteiger partial charge < -0.3 is 5.32 Å². The molecule has 0 spiro atoms. The monoisotopic (exact) mass is 252 g/mol. The standard InChI is InChI=1S/C12H20N4S/c1-4-5-11-8-14-12(17-11)13-6-10-7-15-16(3)9(10)2/h7,11H,4-6,8H2,1-3H3,(H,13,14). The van der Waals surface area contributed by atoms with Gasteiger partial charge in [0.2, 0.25) is 0 Å². The van der Waals surface area contributed by atoms with E-state index in [2.05, 4.69) is 29.3 Å². The van der Waals surface area contributed by atoms with Crippen LogP contribution >= 0.6 is 11.8 Å². The first-order chi connectivity index (χ1) is 8.20. The predicted octanol–water partition coefficient (Wildman–Crippen LogP) is 2.09. The molecule has 1 N–H and O–H groups in total. The van der Waals surface area contributed by atoms with Gasteiger partial charge >= 0.3 is 0 Å². The van der Waals surface area contributed by atoms with E-state index in [0.29, 0.717) is 5.25 Å². The van der Waals surface area contributed by atoms with E-state index in [0.717, 1.165) is 18.3 Å². The molecule has 4 nitrogen and oxygen atoms in total. The molecule has 1 aliphatic rings. The zero-order valence-electron chi connectivity index (χ0n) is 10.7. The summed E-state index contributed by atoms with van der Waals surface area (Å²) in [6, 6.07) is 0.